The molecule has 1 saturated heterocycles. The van der Waals surface area contributed by atoms with Crippen LogP contribution < -0.4 is 0 Å². The molecule has 0 bridgehead atoms. The Kier molecular flexibility index (Phi) is 7.56. The van der Waals surface area contributed by atoms with Crippen LogP contribution in [0, 0.1) is 12.8 Å². The maximum atomic E-state index is 13.8. The van der Waals surface area contributed by atoms with Gasteiger partial charge in [0, 0.05) is 41.9 Å². The van der Waals surface area contributed by atoms with Crippen molar-refractivity contribution in [2.45, 2.75) is 37.1 Å². The van der Waals surface area contributed by atoms with Crippen LogP contribution in [-0.2, 0) is 14.8 Å². The highest BCUT2D eigenvalue weighted by molar-refractivity contribution is 7.89. The second-order valence-corrected chi connectivity index (χ2v) is 14.3. The molecular formula is C29H32N4O3S3. The molecule has 39 heavy (non-hydrogen) atoms. The molecule has 2 aliphatic heterocycles. The number of piperazine rings is 1. The molecule has 2 atom stereocenters. The van der Waals surface area contributed by atoms with E-state index in [0.717, 1.165) is 30.5 Å². The van der Waals surface area contributed by atoms with Crippen LogP contribution in [0.2, 0.25) is 0 Å². The molecule has 0 unspecified atom stereocenters. The van der Waals surface area contributed by atoms with Gasteiger partial charge in [-0.25, -0.2) is 13.4 Å². The Bertz CT molecular complexity index is 1470. The van der Waals surface area contributed by atoms with Crippen LogP contribution in [0.5, 0.6) is 0 Å². The fourth-order valence-corrected chi connectivity index (χ4v) is 8.72. The number of benzene rings is 1. The predicted octanol–water partition coefficient (Wildman–Crippen LogP) is 5.25. The lowest BCUT2D eigenvalue weighted by Crippen LogP contribution is -2.51. The third-order valence-electron chi connectivity index (χ3n) is 7.80. The van der Waals surface area contributed by atoms with Gasteiger partial charge < -0.3 is 0 Å². The summed E-state index contributed by atoms with van der Waals surface area (Å²) in [7, 11) is -3.54. The third kappa shape index (κ3) is 5.40. The Morgan fingerprint density at radius 1 is 1.03 bits per heavy atom. The molecule has 0 N–H and O–H groups in total. The molecule has 1 amide bonds. The van der Waals surface area contributed by atoms with E-state index >= 15 is 0 Å². The van der Waals surface area contributed by atoms with E-state index in [1.165, 1.54) is 19.6 Å². The van der Waals surface area contributed by atoms with Crippen molar-refractivity contribution in [1.82, 2.24) is 14.2 Å². The lowest BCUT2D eigenvalue weighted by molar-refractivity contribution is -0.135. The second kappa shape index (κ2) is 11.1. The van der Waals surface area contributed by atoms with Gasteiger partial charge in [-0.15, -0.1) is 22.7 Å². The van der Waals surface area contributed by atoms with E-state index < -0.39 is 10.0 Å². The maximum absolute atomic E-state index is 13.8. The van der Waals surface area contributed by atoms with E-state index in [9.17, 15) is 13.2 Å². The van der Waals surface area contributed by atoms with Crippen LogP contribution in [0.15, 0.2) is 74.9 Å². The summed E-state index contributed by atoms with van der Waals surface area (Å²) in [5, 5.41) is 10.9. The van der Waals surface area contributed by atoms with Crippen LogP contribution in [0.1, 0.15) is 40.6 Å². The fraction of sp³-hybridized carbons (Fsp3) is 0.379. The summed E-state index contributed by atoms with van der Waals surface area (Å²) in [6.07, 6.45) is 5.32. The Hall–Kier alpha value is -2.63. The topological polar surface area (TPSA) is 73.3 Å². The van der Waals surface area contributed by atoms with Crippen molar-refractivity contribution in [3.05, 3.63) is 80.2 Å². The quantitative estimate of drug-likeness (QED) is 0.399. The molecule has 1 aliphatic carbocycles. The van der Waals surface area contributed by atoms with Gasteiger partial charge in [-0.3, -0.25) is 9.69 Å². The number of hydrogen-bond acceptors (Lipinski definition) is 7. The van der Waals surface area contributed by atoms with Crippen molar-refractivity contribution < 1.29 is 13.2 Å². The Labute approximate surface area is 238 Å². The van der Waals surface area contributed by atoms with E-state index in [-0.39, 0.29) is 24.4 Å². The monoisotopic (exact) mass is 580 g/mol. The number of sulfonamides is 1. The summed E-state index contributed by atoms with van der Waals surface area (Å²) in [5.41, 5.74) is 3.31. The molecule has 204 valence electrons. The summed E-state index contributed by atoms with van der Waals surface area (Å²) >= 11 is 3.40. The first-order valence-corrected chi connectivity index (χ1v) is 16.6. The molecule has 7 nitrogen and oxygen atoms in total. The number of amides is 1. The molecule has 3 aromatic rings. The zero-order valence-electron chi connectivity index (χ0n) is 21.9. The molecule has 1 aromatic carbocycles. The van der Waals surface area contributed by atoms with Crippen LogP contribution in [-0.4, -0.2) is 67.0 Å². The van der Waals surface area contributed by atoms with Crippen molar-refractivity contribution in [2.24, 2.45) is 11.0 Å². The van der Waals surface area contributed by atoms with E-state index in [1.54, 1.807) is 39.8 Å². The summed E-state index contributed by atoms with van der Waals surface area (Å²) in [6, 6.07) is 15.2. The second-order valence-electron chi connectivity index (χ2n) is 10.4. The zero-order chi connectivity index (χ0) is 27.0. The van der Waals surface area contributed by atoms with Crippen molar-refractivity contribution >= 4 is 50.4 Å². The number of rotatable bonds is 6. The number of fused-ring (bicyclic) bond motifs is 1. The first kappa shape index (κ1) is 26.6. The van der Waals surface area contributed by atoms with Gasteiger partial charge in [0.05, 0.1) is 23.2 Å². The van der Waals surface area contributed by atoms with E-state index in [0.29, 0.717) is 31.1 Å². The number of allylic oxidation sites excluding steroid dienone is 1. The molecule has 2 aromatic heterocycles. The minimum Gasteiger partial charge on any atom is -0.292 e. The first-order chi connectivity index (χ1) is 18.9. The Morgan fingerprint density at radius 3 is 2.46 bits per heavy atom. The molecular weight excluding hydrogens is 549 g/mol. The van der Waals surface area contributed by atoms with Crippen molar-refractivity contribution in [2.75, 3.05) is 32.7 Å². The van der Waals surface area contributed by atoms with Gasteiger partial charge >= 0.3 is 0 Å². The van der Waals surface area contributed by atoms with Crippen LogP contribution in [0.25, 0.3) is 6.08 Å². The highest BCUT2D eigenvalue weighted by Crippen LogP contribution is 2.45. The third-order valence-corrected chi connectivity index (χ3v) is 11.5. The van der Waals surface area contributed by atoms with Gasteiger partial charge in [-0.05, 0) is 72.9 Å². The Balaban J connectivity index is 1.17. The van der Waals surface area contributed by atoms with Gasteiger partial charge in [0.1, 0.15) is 0 Å². The summed E-state index contributed by atoms with van der Waals surface area (Å²) < 4.78 is 27.7. The molecule has 6 rings (SSSR count). The zero-order valence-corrected chi connectivity index (χ0v) is 24.4. The number of thiophene rings is 2. The average molecular weight is 581 g/mol. The molecule has 1 saturated carbocycles. The molecule has 4 heterocycles. The molecule has 0 radical (unpaired) electrons. The van der Waals surface area contributed by atoms with Gasteiger partial charge in [-0.2, -0.15) is 9.41 Å². The predicted molar refractivity (Wildman–Crippen MR) is 157 cm³/mol. The van der Waals surface area contributed by atoms with E-state index in [2.05, 4.69) is 39.9 Å². The largest absolute Gasteiger partial charge is 0.292 e. The number of aryl methyl sites for hydroxylation is 1. The minimum atomic E-state index is -3.54. The summed E-state index contributed by atoms with van der Waals surface area (Å²) in [6.45, 7) is 3.92. The molecule has 3 aliphatic rings. The highest BCUT2D eigenvalue weighted by Gasteiger charge is 2.44. The van der Waals surface area contributed by atoms with Crippen molar-refractivity contribution in [1.29, 1.82) is 0 Å². The minimum absolute atomic E-state index is 0.0272. The van der Waals surface area contributed by atoms with Gasteiger partial charge in [0.15, 0.2) is 0 Å². The van der Waals surface area contributed by atoms with Crippen molar-refractivity contribution in [3.63, 3.8) is 0 Å². The first-order valence-electron chi connectivity index (χ1n) is 13.4. The van der Waals surface area contributed by atoms with Gasteiger partial charge in [0.25, 0.3) is 5.91 Å². The van der Waals surface area contributed by atoms with Gasteiger partial charge in [-0.1, -0.05) is 29.8 Å². The SMILES string of the molecule is Cc1ccc(S(=O)(=O)N2CCN(CC(=O)N3N=C4/C(=C\c5cccs5)CCC[C@H]4[C@@H]3c3cccs3)CC2)cc1. The number of nitrogens with zero attached hydrogens (tertiary/aromatic N) is 4. The van der Waals surface area contributed by atoms with Crippen LogP contribution in [0.4, 0.5) is 0 Å². The number of carbonyl (C=O) groups excluding carboxylic acids is 1. The number of hydrazone groups is 1. The normalized spacial score (nSPS) is 23.7. The molecule has 0 spiro atoms. The number of hydrogen-bond donors (Lipinski definition) is 0. The average Bonchev–Trinajstić information content (AvgIpc) is 3.71. The smallest absolute Gasteiger partial charge is 0.257 e. The highest BCUT2D eigenvalue weighted by atomic mass is 32.2. The fourth-order valence-electron chi connectivity index (χ4n) is 5.74. The van der Waals surface area contributed by atoms with Crippen LogP contribution >= 0.6 is 22.7 Å². The number of carbonyl (C=O) groups is 1. The Morgan fingerprint density at radius 2 is 1.77 bits per heavy atom. The maximum Gasteiger partial charge on any atom is 0.257 e. The molecule has 10 heteroatoms. The lowest BCUT2D eigenvalue weighted by atomic mass is 9.79. The van der Waals surface area contributed by atoms with Gasteiger partial charge in [0.2, 0.25) is 10.0 Å². The molecule has 2 fully saturated rings. The van der Waals surface area contributed by atoms with E-state index in [1.807, 2.05) is 25.1 Å². The lowest BCUT2D eigenvalue weighted by Gasteiger charge is -2.35. The van der Waals surface area contributed by atoms with Crippen molar-refractivity contribution in [3.8, 4) is 0 Å². The summed E-state index contributed by atoms with van der Waals surface area (Å²) in [4.78, 5) is 18.5. The standard InChI is InChI=1S/C29H32N4O3S3/c1-21-9-11-24(12-10-21)39(35,36)32-15-13-31(14-16-32)20-27(34)33-29(26-8-4-18-38-26)25-7-2-5-22(28(25)30-33)19-23-6-3-17-37-23/h3-4,6,8-12,17-19,25,29H,2,5,7,13-16,20H2,1H3/b22-19-/t25-,29-/m1/s1. The van der Waals surface area contributed by atoms with Crippen LogP contribution in [0.3, 0.4) is 0 Å². The van der Waals surface area contributed by atoms with E-state index in [4.69, 9.17) is 5.10 Å². The summed E-state index contributed by atoms with van der Waals surface area (Å²) in [5.74, 6) is 0.171.